The highest BCUT2D eigenvalue weighted by molar-refractivity contribution is 7.98. The highest BCUT2D eigenvalue weighted by atomic mass is 32.2. The smallest absolute Gasteiger partial charge is 0.340 e. The van der Waals surface area contributed by atoms with Crippen LogP contribution in [0.1, 0.15) is 29.2 Å². The van der Waals surface area contributed by atoms with E-state index in [0.717, 1.165) is 16.7 Å². The molecule has 38 heavy (non-hydrogen) atoms. The molecule has 0 saturated carbocycles. The topological polar surface area (TPSA) is 113 Å². The Hall–Kier alpha value is -3.41. The predicted octanol–water partition coefficient (Wildman–Crippen LogP) is 5.48. The maximum atomic E-state index is 13.1. The summed E-state index contributed by atoms with van der Waals surface area (Å²) < 4.78 is 63.2. The van der Waals surface area contributed by atoms with Gasteiger partial charge >= 0.3 is 20.2 Å². The normalized spacial score (nSPS) is 11.8. The molecule has 0 saturated heterocycles. The third kappa shape index (κ3) is 6.72. The number of benzene rings is 3. The fourth-order valence-corrected chi connectivity index (χ4v) is 5.97. The number of hydrogen-bond acceptors (Lipinski definition) is 9. The van der Waals surface area contributed by atoms with Crippen molar-refractivity contribution in [3.63, 3.8) is 0 Å². The molecule has 11 heteroatoms. The molecule has 0 aliphatic heterocycles. The zero-order chi connectivity index (χ0) is 27.3. The van der Waals surface area contributed by atoms with Gasteiger partial charge in [0.1, 0.15) is 9.79 Å². The second kappa shape index (κ2) is 11.5. The van der Waals surface area contributed by atoms with E-state index >= 15 is 0 Å². The summed E-state index contributed by atoms with van der Waals surface area (Å²) in [5, 5.41) is 0.106. The highest BCUT2D eigenvalue weighted by Gasteiger charge is 2.27. The van der Waals surface area contributed by atoms with Gasteiger partial charge in [-0.05, 0) is 50.1 Å². The van der Waals surface area contributed by atoms with Crippen molar-refractivity contribution in [2.24, 2.45) is 0 Å². The van der Waals surface area contributed by atoms with Gasteiger partial charge in [-0.15, -0.1) is 0 Å². The Balaban J connectivity index is 1.75. The van der Waals surface area contributed by atoms with Gasteiger partial charge in [-0.1, -0.05) is 84.4 Å². The first-order chi connectivity index (χ1) is 18.1. The van der Waals surface area contributed by atoms with Crippen molar-refractivity contribution in [2.75, 3.05) is 0 Å². The Bertz CT molecular complexity index is 1520. The Kier molecular flexibility index (Phi) is 8.39. The van der Waals surface area contributed by atoms with Gasteiger partial charge in [0.25, 0.3) is 0 Å². The molecular formula is C27H26N2O6S3. The van der Waals surface area contributed by atoms with Gasteiger partial charge < -0.3 is 8.37 Å². The molecular weight excluding hydrogens is 545 g/mol. The first-order valence-corrected chi connectivity index (χ1v) is 15.5. The van der Waals surface area contributed by atoms with Crippen molar-refractivity contribution in [3.05, 3.63) is 101 Å². The minimum Gasteiger partial charge on any atom is -0.358 e. The Morgan fingerprint density at radius 2 is 1.13 bits per heavy atom. The van der Waals surface area contributed by atoms with Crippen LogP contribution in [0.2, 0.25) is 0 Å². The number of thioether (sulfide) groups is 1. The van der Waals surface area contributed by atoms with Crippen molar-refractivity contribution in [1.29, 1.82) is 0 Å². The molecule has 0 radical (unpaired) electrons. The van der Waals surface area contributed by atoms with E-state index in [4.69, 9.17) is 8.37 Å². The number of hydrogen-bond donors (Lipinski definition) is 0. The second-order valence-corrected chi connectivity index (χ2v) is 12.5. The van der Waals surface area contributed by atoms with E-state index in [2.05, 4.69) is 9.97 Å². The first kappa shape index (κ1) is 27.6. The summed E-state index contributed by atoms with van der Waals surface area (Å²) in [6.45, 7) is 5.38. The van der Waals surface area contributed by atoms with E-state index in [9.17, 15) is 16.8 Å². The minimum absolute atomic E-state index is 0.0583. The molecule has 0 fully saturated rings. The van der Waals surface area contributed by atoms with Crippen molar-refractivity contribution in [2.45, 2.75) is 47.9 Å². The zero-order valence-electron chi connectivity index (χ0n) is 21.0. The van der Waals surface area contributed by atoms with Crippen LogP contribution >= 0.6 is 11.8 Å². The summed E-state index contributed by atoms with van der Waals surface area (Å²) >= 11 is 1.20. The number of aromatic nitrogens is 2. The van der Waals surface area contributed by atoms with Gasteiger partial charge in [0, 0.05) is 5.75 Å². The van der Waals surface area contributed by atoms with Crippen molar-refractivity contribution < 1.29 is 25.2 Å². The Morgan fingerprint density at radius 3 is 1.55 bits per heavy atom. The van der Waals surface area contributed by atoms with Crippen LogP contribution in [0.15, 0.2) is 93.8 Å². The van der Waals surface area contributed by atoms with E-state index in [1.807, 2.05) is 44.2 Å². The number of nitrogens with zero attached hydrogens (tertiary/aromatic N) is 2. The van der Waals surface area contributed by atoms with Crippen LogP contribution in [0, 0.1) is 13.8 Å². The van der Waals surface area contributed by atoms with Gasteiger partial charge in [0.2, 0.25) is 11.8 Å². The van der Waals surface area contributed by atoms with Gasteiger partial charge in [0.15, 0.2) is 5.16 Å². The third-order valence-corrected chi connectivity index (χ3v) is 8.84. The van der Waals surface area contributed by atoms with Gasteiger partial charge in [0.05, 0.1) is 5.56 Å². The predicted molar refractivity (Wildman–Crippen MR) is 145 cm³/mol. The van der Waals surface area contributed by atoms with Crippen LogP contribution in [0.25, 0.3) is 0 Å². The van der Waals surface area contributed by atoms with E-state index < -0.39 is 20.2 Å². The van der Waals surface area contributed by atoms with E-state index in [0.29, 0.717) is 5.75 Å². The quantitative estimate of drug-likeness (QED) is 0.139. The van der Waals surface area contributed by atoms with Gasteiger partial charge in [-0.2, -0.15) is 26.8 Å². The maximum Gasteiger partial charge on any atom is 0.340 e. The minimum atomic E-state index is -4.27. The van der Waals surface area contributed by atoms with Gasteiger partial charge in [-0.3, -0.25) is 0 Å². The summed E-state index contributed by atoms with van der Waals surface area (Å²) in [5.74, 6) is -0.110. The van der Waals surface area contributed by atoms with Crippen LogP contribution in [0.3, 0.4) is 0 Å². The average Bonchev–Trinajstić information content (AvgIpc) is 2.88. The molecule has 0 spiro atoms. The standard InChI is InChI=1S/C27H26N2O6S3/c1-4-24-25(34-37(30,31)22-14-10-19(2)11-15-22)28-27(36-18-21-8-6-5-7-9-21)29-26(24)35-38(32,33)23-16-12-20(3)13-17-23/h5-17H,4,18H2,1-3H3. The van der Waals surface area contributed by atoms with Crippen molar-refractivity contribution in [1.82, 2.24) is 9.97 Å². The van der Waals surface area contributed by atoms with E-state index in [1.54, 1.807) is 31.2 Å². The van der Waals surface area contributed by atoms with Crippen LogP contribution in [0.4, 0.5) is 0 Å². The van der Waals surface area contributed by atoms with E-state index in [-0.39, 0.29) is 38.7 Å². The SMILES string of the molecule is CCc1c(OS(=O)(=O)c2ccc(C)cc2)nc(SCc2ccccc2)nc1OS(=O)(=O)c1ccc(C)cc1. The summed E-state index contributed by atoms with van der Waals surface area (Å²) in [6.07, 6.45) is 0.154. The zero-order valence-corrected chi connectivity index (χ0v) is 23.4. The third-order valence-electron chi connectivity index (χ3n) is 5.47. The summed E-state index contributed by atoms with van der Waals surface area (Å²) in [6, 6.07) is 21.9. The lowest BCUT2D eigenvalue weighted by molar-refractivity contribution is 0.446. The second-order valence-electron chi connectivity index (χ2n) is 8.42. The molecule has 0 atom stereocenters. The molecule has 0 amide bonds. The molecule has 0 aliphatic rings. The highest BCUT2D eigenvalue weighted by Crippen LogP contribution is 2.33. The molecule has 0 unspecified atom stereocenters. The van der Waals surface area contributed by atoms with Crippen LogP contribution in [-0.4, -0.2) is 26.8 Å². The van der Waals surface area contributed by atoms with E-state index in [1.165, 1.54) is 36.0 Å². The molecule has 1 heterocycles. The molecule has 0 bridgehead atoms. The lowest BCUT2D eigenvalue weighted by atomic mass is 10.2. The molecule has 3 aromatic carbocycles. The lowest BCUT2D eigenvalue weighted by Gasteiger charge is -2.15. The monoisotopic (exact) mass is 570 g/mol. The number of aryl methyl sites for hydroxylation is 2. The summed E-state index contributed by atoms with van der Waals surface area (Å²) in [5.41, 5.74) is 2.86. The summed E-state index contributed by atoms with van der Waals surface area (Å²) in [7, 11) is -8.54. The van der Waals surface area contributed by atoms with Crippen LogP contribution in [-0.2, 0) is 32.4 Å². The molecule has 4 rings (SSSR count). The van der Waals surface area contributed by atoms with Crippen molar-refractivity contribution >= 4 is 32.0 Å². The summed E-state index contributed by atoms with van der Waals surface area (Å²) in [4.78, 5) is 8.56. The van der Waals surface area contributed by atoms with Crippen molar-refractivity contribution in [3.8, 4) is 11.8 Å². The molecule has 8 nitrogen and oxygen atoms in total. The molecule has 0 aliphatic carbocycles. The maximum absolute atomic E-state index is 13.1. The largest absolute Gasteiger partial charge is 0.358 e. The Morgan fingerprint density at radius 1 is 0.684 bits per heavy atom. The van der Waals surface area contributed by atoms with Crippen LogP contribution < -0.4 is 8.37 Å². The average molecular weight is 571 g/mol. The number of rotatable bonds is 10. The molecule has 4 aromatic rings. The lowest BCUT2D eigenvalue weighted by Crippen LogP contribution is -2.16. The fraction of sp³-hybridized carbons (Fsp3) is 0.185. The fourth-order valence-electron chi connectivity index (χ4n) is 3.37. The Labute approximate surface area is 227 Å². The molecule has 198 valence electrons. The molecule has 0 N–H and O–H groups in total. The molecule has 1 aromatic heterocycles. The first-order valence-electron chi connectivity index (χ1n) is 11.7. The van der Waals surface area contributed by atoms with Crippen LogP contribution in [0.5, 0.6) is 11.8 Å². The van der Waals surface area contributed by atoms with Gasteiger partial charge in [-0.25, -0.2) is 0 Å².